The Balaban J connectivity index is 2.40. The lowest BCUT2D eigenvalue weighted by Crippen LogP contribution is -2.29. The Hall–Kier alpha value is -1.26. The molecule has 0 saturated heterocycles. The molecule has 0 spiro atoms. The summed E-state index contributed by atoms with van der Waals surface area (Å²) in [6, 6.07) is 7.73. The third-order valence-corrected chi connectivity index (χ3v) is 2.39. The highest BCUT2D eigenvalue weighted by molar-refractivity contribution is 5.39. The van der Waals surface area contributed by atoms with E-state index < -0.39 is 0 Å². The molecule has 1 aromatic rings. The molecule has 2 N–H and O–H groups in total. The van der Waals surface area contributed by atoms with Crippen molar-refractivity contribution in [2.75, 3.05) is 39.9 Å². The number of rotatable bonds is 8. The molecule has 0 saturated carbocycles. The molecule has 4 nitrogen and oxygen atoms in total. The second kappa shape index (κ2) is 7.92. The summed E-state index contributed by atoms with van der Waals surface area (Å²) < 4.78 is 11.2. The van der Waals surface area contributed by atoms with Crippen LogP contribution in [0, 0.1) is 0 Å². The van der Waals surface area contributed by atoms with Gasteiger partial charge in [0, 0.05) is 19.6 Å². The molecule has 0 aliphatic rings. The number of para-hydroxylation sites is 2. The number of likely N-dealkylation sites (N-methyl/N-ethyl adjacent to an activating group) is 1. The minimum absolute atomic E-state index is 0.639. The summed E-state index contributed by atoms with van der Waals surface area (Å²) >= 11 is 0. The van der Waals surface area contributed by atoms with Crippen molar-refractivity contribution >= 4 is 0 Å². The van der Waals surface area contributed by atoms with Gasteiger partial charge in [0.2, 0.25) is 0 Å². The van der Waals surface area contributed by atoms with Gasteiger partial charge in [0.1, 0.15) is 6.61 Å². The van der Waals surface area contributed by atoms with Gasteiger partial charge < -0.3 is 20.1 Å². The fourth-order valence-corrected chi connectivity index (χ4v) is 1.49. The maximum Gasteiger partial charge on any atom is 0.161 e. The van der Waals surface area contributed by atoms with Crippen LogP contribution in [-0.2, 0) is 0 Å². The Bertz CT molecular complexity index is 318. The van der Waals surface area contributed by atoms with E-state index in [2.05, 4.69) is 4.90 Å². The molecule has 0 unspecified atom stereocenters. The Kier molecular flexibility index (Phi) is 6.43. The van der Waals surface area contributed by atoms with Crippen LogP contribution in [0.2, 0.25) is 0 Å². The lowest BCUT2D eigenvalue weighted by atomic mass is 10.3. The van der Waals surface area contributed by atoms with E-state index in [4.69, 9.17) is 15.2 Å². The molecular formula is C13H22N2O2. The Morgan fingerprint density at radius 2 is 1.76 bits per heavy atom. The van der Waals surface area contributed by atoms with Gasteiger partial charge in [-0.05, 0) is 26.1 Å². The van der Waals surface area contributed by atoms with Crippen molar-refractivity contribution < 1.29 is 9.47 Å². The third kappa shape index (κ3) is 5.06. The standard InChI is InChI=1S/C13H22N2O2/c1-3-16-12-6-4-5-7-13(12)17-11-10-15(2)9-8-14/h4-7H,3,8-11,14H2,1-2H3. The first kappa shape index (κ1) is 13.8. The first-order chi connectivity index (χ1) is 8.27. The molecule has 96 valence electrons. The normalized spacial score (nSPS) is 10.6. The van der Waals surface area contributed by atoms with E-state index in [9.17, 15) is 0 Å². The highest BCUT2D eigenvalue weighted by atomic mass is 16.5. The predicted octanol–water partition coefficient (Wildman–Crippen LogP) is 1.35. The van der Waals surface area contributed by atoms with Crippen LogP contribution in [0.1, 0.15) is 6.92 Å². The minimum atomic E-state index is 0.639. The van der Waals surface area contributed by atoms with Gasteiger partial charge in [-0.3, -0.25) is 0 Å². The Labute approximate surface area is 103 Å². The molecule has 0 atom stereocenters. The van der Waals surface area contributed by atoms with E-state index in [0.717, 1.165) is 24.6 Å². The van der Waals surface area contributed by atoms with Gasteiger partial charge in [-0.15, -0.1) is 0 Å². The summed E-state index contributed by atoms with van der Waals surface area (Å²) in [6.07, 6.45) is 0. The monoisotopic (exact) mass is 238 g/mol. The van der Waals surface area contributed by atoms with Crippen LogP contribution >= 0.6 is 0 Å². The number of hydrogen-bond donors (Lipinski definition) is 1. The van der Waals surface area contributed by atoms with Gasteiger partial charge in [0.25, 0.3) is 0 Å². The number of hydrogen-bond acceptors (Lipinski definition) is 4. The zero-order valence-corrected chi connectivity index (χ0v) is 10.7. The minimum Gasteiger partial charge on any atom is -0.490 e. The largest absolute Gasteiger partial charge is 0.490 e. The van der Waals surface area contributed by atoms with E-state index in [1.807, 2.05) is 38.2 Å². The lowest BCUT2D eigenvalue weighted by molar-refractivity contribution is 0.229. The van der Waals surface area contributed by atoms with Crippen molar-refractivity contribution in [3.05, 3.63) is 24.3 Å². The van der Waals surface area contributed by atoms with Crippen molar-refractivity contribution in [1.29, 1.82) is 0 Å². The summed E-state index contributed by atoms with van der Waals surface area (Å²) in [7, 11) is 2.03. The lowest BCUT2D eigenvalue weighted by Gasteiger charge is -2.16. The molecule has 0 radical (unpaired) electrons. The van der Waals surface area contributed by atoms with E-state index in [0.29, 0.717) is 19.8 Å². The maximum absolute atomic E-state index is 5.70. The fraction of sp³-hybridized carbons (Fsp3) is 0.538. The molecule has 0 aromatic heterocycles. The predicted molar refractivity (Wildman–Crippen MR) is 69.7 cm³/mol. The molecule has 1 rings (SSSR count). The Morgan fingerprint density at radius 1 is 1.12 bits per heavy atom. The molecule has 1 aromatic carbocycles. The first-order valence-corrected chi connectivity index (χ1v) is 6.01. The van der Waals surface area contributed by atoms with Gasteiger partial charge in [0.05, 0.1) is 6.61 Å². The average Bonchev–Trinajstić information content (AvgIpc) is 2.32. The van der Waals surface area contributed by atoms with Gasteiger partial charge in [-0.2, -0.15) is 0 Å². The number of nitrogens with two attached hydrogens (primary N) is 1. The second-order valence-electron chi connectivity index (χ2n) is 3.82. The van der Waals surface area contributed by atoms with Crippen LogP contribution in [-0.4, -0.2) is 44.8 Å². The molecule has 4 heteroatoms. The van der Waals surface area contributed by atoms with Crippen LogP contribution in [0.15, 0.2) is 24.3 Å². The van der Waals surface area contributed by atoms with Gasteiger partial charge in [-0.25, -0.2) is 0 Å². The third-order valence-electron chi connectivity index (χ3n) is 2.39. The van der Waals surface area contributed by atoms with E-state index in [1.54, 1.807) is 0 Å². The van der Waals surface area contributed by atoms with Gasteiger partial charge >= 0.3 is 0 Å². The van der Waals surface area contributed by atoms with Crippen LogP contribution < -0.4 is 15.2 Å². The van der Waals surface area contributed by atoms with E-state index in [-0.39, 0.29) is 0 Å². The topological polar surface area (TPSA) is 47.7 Å². The fourth-order valence-electron chi connectivity index (χ4n) is 1.49. The molecule has 0 fully saturated rings. The van der Waals surface area contributed by atoms with Crippen molar-refractivity contribution in [2.45, 2.75) is 6.92 Å². The summed E-state index contributed by atoms with van der Waals surface area (Å²) in [5, 5.41) is 0. The van der Waals surface area contributed by atoms with Crippen molar-refractivity contribution in [3.63, 3.8) is 0 Å². The number of ether oxygens (including phenoxy) is 2. The summed E-state index contributed by atoms with van der Waals surface area (Å²) in [5.41, 5.74) is 5.47. The van der Waals surface area contributed by atoms with Crippen LogP contribution in [0.4, 0.5) is 0 Å². The van der Waals surface area contributed by atoms with Crippen LogP contribution in [0.3, 0.4) is 0 Å². The zero-order chi connectivity index (χ0) is 12.5. The van der Waals surface area contributed by atoms with Crippen molar-refractivity contribution in [2.24, 2.45) is 5.73 Å². The molecule has 0 aliphatic carbocycles. The van der Waals surface area contributed by atoms with Gasteiger partial charge in [-0.1, -0.05) is 12.1 Å². The molecule has 0 bridgehead atoms. The maximum atomic E-state index is 5.70. The summed E-state index contributed by atoms with van der Waals surface area (Å²) in [5.74, 6) is 1.60. The van der Waals surface area contributed by atoms with E-state index in [1.165, 1.54) is 0 Å². The Morgan fingerprint density at radius 3 is 2.35 bits per heavy atom. The van der Waals surface area contributed by atoms with Crippen molar-refractivity contribution in [1.82, 2.24) is 4.90 Å². The first-order valence-electron chi connectivity index (χ1n) is 6.01. The molecule has 0 heterocycles. The zero-order valence-electron chi connectivity index (χ0n) is 10.7. The number of nitrogens with zero attached hydrogens (tertiary/aromatic N) is 1. The van der Waals surface area contributed by atoms with Crippen LogP contribution in [0.25, 0.3) is 0 Å². The highest BCUT2D eigenvalue weighted by Gasteiger charge is 2.03. The number of benzene rings is 1. The quantitative estimate of drug-likeness (QED) is 0.743. The molecule has 0 aliphatic heterocycles. The SMILES string of the molecule is CCOc1ccccc1OCCN(C)CCN. The van der Waals surface area contributed by atoms with E-state index >= 15 is 0 Å². The van der Waals surface area contributed by atoms with Crippen LogP contribution in [0.5, 0.6) is 11.5 Å². The molecular weight excluding hydrogens is 216 g/mol. The molecule has 0 amide bonds. The van der Waals surface area contributed by atoms with Crippen molar-refractivity contribution in [3.8, 4) is 11.5 Å². The summed E-state index contributed by atoms with van der Waals surface area (Å²) in [6.45, 7) is 5.67. The smallest absolute Gasteiger partial charge is 0.161 e. The molecule has 17 heavy (non-hydrogen) atoms. The van der Waals surface area contributed by atoms with Gasteiger partial charge in [0.15, 0.2) is 11.5 Å². The second-order valence-corrected chi connectivity index (χ2v) is 3.82. The summed E-state index contributed by atoms with van der Waals surface area (Å²) in [4.78, 5) is 2.14. The highest BCUT2D eigenvalue weighted by Crippen LogP contribution is 2.26. The average molecular weight is 238 g/mol.